The van der Waals surface area contributed by atoms with Crippen LogP contribution in [0.4, 0.5) is 10.5 Å². The smallest absolute Gasteiger partial charge is 0.325 e. The van der Waals surface area contributed by atoms with E-state index in [4.69, 9.17) is 9.47 Å². The number of anilines is 1. The molecule has 1 saturated heterocycles. The molecule has 1 fully saturated rings. The van der Waals surface area contributed by atoms with Crippen molar-refractivity contribution in [3.8, 4) is 11.5 Å². The molecule has 33 heavy (non-hydrogen) atoms. The van der Waals surface area contributed by atoms with Gasteiger partial charge in [0.2, 0.25) is 11.8 Å². The zero-order chi connectivity index (χ0) is 23.2. The van der Waals surface area contributed by atoms with Gasteiger partial charge in [0.05, 0.1) is 13.0 Å². The summed E-state index contributed by atoms with van der Waals surface area (Å²) in [6.07, 6.45) is 0.382. The Balaban J connectivity index is 1.19. The van der Waals surface area contributed by atoms with Gasteiger partial charge in [-0.15, -0.1) is 0 Å². The first-order valence-electron chi connectivity index (χ1n) is 11.0. The summed E-state index contributed by atoms with van der Waals surface area (Å²) in [7, 11) is 0. The topological polar surface area (TPSA) is 100 Å². The Labute approximate surface area is 192 Å². The lowest BCUT2D eigenvalue weighted by atomic mass is 10.1. The summed E-state index contributed by atoms with van der Waals surface area (Å²) in [6.45, 7) is 5.31. The minimum atomic E-state index is -0.608. The lowest BCUT2D eigenvalue weighted by Crippen LogP contribution is -2.52. The van der Waals surface area contributed by atoms with Crippen LogP contribution in [0, 0.1) is 6.92 Å². The van der Waals surface area contributed by atoms with Crippen LogP contribution in [0.3, 0.4) is 0 Å². The monoisotopic (exact) mass is 452 g/mol. The highest BCUT2D eigenvalue weighted by Crippen LogP contribution is 2.32. The minimum Gasteiger partial charge on any atom is -0.486 e. The zero-order valence-corrected chi connectivity index (χ0v) is 18.6. The highest BCUT2D eigenvalue weighted by atomic mass is 16.6. The number of aryl methyl sites for hydroxylation is 1. The number of urea groups is 1. The Bertz CT molecular complexity index is 1030. The maximum Gasteiger partial charge on any atom is 0.325 e. The van der Waals surface area contributed by atoms with E-state index in [2.05, 4.69) is 10.6 Å². The van der Waals surface area contributed by atoms with E-state index in [0.29, 0.717) is 63.0 Å². The van der Waals surface area contributed by atoms with Crippen LogP contribution in [0.2, 0.25) is 0 Å². The number of ether oxygens (including phenoxy) is 2. The van der Waals surface area contributed by atoms with Gasteiger partial charge in [0.15, 0.2) is 11.5 Å². The van der Waals surface area contributed by atoms with E-state index in [0.717, 1.165) is 11.1 Å². The summed E-state index contributed by atoms with van der Waals surface area (Å²) < 4.78 is 10.9. The van der Waals surface area contributed by atoms with E-state index in [9.17, 15) is 14.4 Å². The second-order valence-corrected chi connectivity index (χ2v) is 8.12. The third-order valence-corrected chi connectivity index (χ3v) is 5.75. The van der Waals surface area contributed by atoms with Crippen LogP contribution in [0.15, 0.2) is 42.5 Å². The Morgan fingerprint density at radius 3 is 2.42 bits per heavy atom. The van der Waals surface area contributed by atoms with Gasteiger partial charge in [-0.2, -0.15) is 0 Å². The number of rotatable bonds is 5. The Hall–Kier alpha value is -3.59. The standard InChI is InChI=1S/C24H28N4O5/c1-17-4-2-3-5-18(17)14-23(30)28-10-8-27(9-11-28)16-22(29)26-24(31)25-19-6-7-20-21(15-19)33-13-12-32-20/h2-7,15H,8-14,16H2,1H3,(H2,25,26,29,31). The number of carbonyl (C=O) groups excluding carboxylic acids is 3. The van der Waals surface area contributed by atoms with Gasteiger partial charge in [0.1, 0.15) is 13.2 Å². The van der Waals surface area contributed by atoms with Crippen molar-refractivity contribution >= 4 is 23.5 Å². The molecule has 2 aromatic rings. The fourth-order valence-corrected chi connectivity index (χ4v) is 3.89. The van der Waals surface area contributed by atoms with Crippen molar-refractivity contribution in [2.24, 2.45) is 0 Å². The summed E-state index contributed by atoms with van der Waals surface area (Å²) in [5.74, 6) is 0.872. The predicted octanol–water partition coefficient (Wildman–Crippen LogP) is 1.80. The van der Waals surface area contributed by atoms with Crippen LogP contribution in [-0.2, 0) is 16.0 Å². The molecule has 0 aromatic heterocycles. The van der Waals surface area contributed by atoms with E-state index in [1.165, 1.54) is 0 Å². The van der Waals surface area contributed by atoms with Crippen molar-refractivity contribution < 1.29 is 23.9 Å². The SMILES string of the molecule is Cc1ccccc1CC(=O)N1CCN(CC(=O)NC(=O)Nc2ccc3c(c2)OCCO3)CC1. The quantitative estimate of drug-likeness (QED) is 0.718. The molecule has 0 aliphatic carbocycles. The van der Waals surface area contributed by atoms with Crippen molar-refractivity contribution in [2.45, 2.75) is 13.3 Å². The number of benzene rings is 2. The van der Waals surface area contributed by atoms with Crippen molar-refractivity contribution in [1.29, 1.82) is 0 Å². The lowest BCUT2D eigenvalue weighted by Gasteiger charge is -2.34. The fourth-order valence-electron chi connectivity index (χ4n) is 3.89. The van der Waals surface area contributed by atoms with Crippen molar-refractivity contribution in [1.82, 2.24) is 15.1 Å². The molecule has 2 aliphatic rings. The Morgan fingerprint density at radius 1 is 0.939 bits per heavy atom. The summed E-state index contributed by atoms with van der Waals surface area (Å²) in [6, 6.07) is 12.3. The summed E-state index contributed by atoms with van der Waals surface area (Å²) in [5.41, 5.74) is 2.65. The molecule has 0 spiro atoms. The van der Waals surface area contributed by atoms with E-state index in [1.807, 2.05) is 41.0 Å². The van der Waals surface area contributed by atoms with Gasteiger partial charge in [-0.05, 0) is 30.2 Å². The summed E-state index contributed by atoms with van der Waals surface area (Å²) in [4.78, 5) is 40.9. The van der Waals surface area contributed by atoms with Gasteiger partial charge in [-0.1, -0.05) is 24.3 Å². The van der Waals surface area contributed by atoms with Crippen LogP contribution in [0.5, 0.6) is 11.5 Å². The van der Waals surface area contributed by atoms with Crippen molar-refractivity contribution in [2.75, 3.05) is 51.3 Å². The van der Waals surface area contributed by atoms with Gasteiger partial charge >= 0.3 is 6.03 Å². The molecule has 0 saturated carbocycles. The first kappa shape index (κ1) is 22.6. The molecule has 0 unspecified atom stereocenters. The molecule has 2 N–H and O–H groups in total. The molecule has 2 aromatic carbocycles. The van der Waals surface area contributed by atoms with Crippen molar-refractivity contribution in [3.05, 3.63) is 53.6 Å². The number of fused-ring (bicyclic) bond motifs is 1. The number of nitrogens with one attached hydrogen (secondary N) is 2. The lowest BCUT2D eigenvalue weighted by molar-refractivity contribution is -0.132. The molecule has 4 rings (SSSR count). The number of amides is 4. The maximum atomic E-state index is 12.6. The molecular weight excluding hydrogens is 424 g/mol. The van der Waals surface area contributed by atoms with E-state index >= 15 is 0 Å². The molecule has 0 radical (unpaired) electrons. The zero-order valence-electron chi connectivity index (χ0n) is 18.6. The Morgan fingerprint density at radius 2 is 1.67 bits per heavy atom. The van der Waals surface area contributed by atoms with Crippen molar-refractivity contribution in [3.63, 3.8) is 0 Å². The van der Waals surface area contributed by atoms with E-state index in [1.54, 1.807) is 18.2 Å². The van der Waals surface area contributed by atoms with Gasteiger partial charge in [-0.25, -0.2) is 4.79 Å². The number of carbonyl (C=O) groups is 3. The minimum absolute atomic E-state index is 0.0900. The molecular formula is C24H28N4O5. The number of hydrogen-bond donors (Lipinski definition) is 2. The van der Waals surface area contributed by atoms with E-state index in [-0.39, 0.29) is 12.5 Å². The second kappa shape index (κ2) is 10.4. The third-order valence-electron chi connectivity index (χ3n) is 5.75. The van der Waals surface area contributed by atoms with Gasteiger partial charge in [0, 0.05) is 37.9 Å². The van der Waals surface area contributed by atoms with Crippen LogP contribution in [0.25, 0.3) is 0 Å². The largest absolute Gasteiger partial charge is 0.486 e. The number of hydrogen-bond acceptors (Lipinski definition) is 6. The maximum absolute atomic E-state index is 12.6. The molecule has 174 valence electrons. The summed E-state index contributed by atoms with van der Waals surface area (Å²) >= 11 is 0. The molecule has 9 heteroatoms. The summed E-state index contributed by atoms with van der Waals surface area (Å²) in [5, 5.41) is 4.98. The molecule has 2 heterocycles. The average molecular weight is 453 g/mol. The first-order chi connectivity index (χ1) is 16.0. The van der Waals surface area contributed by atoms with Crippen LogP contribution in [-0.4, -0.2) is 73.6 Å². The van der Waals surface area contributed by atoms with Gasteiger partial charge in [0.25, 0.3) is 0 Å². The van der Waals surface area contributed by atoms with E-state index < -0.39 is 11.9 Å². The van der Waals surface area contributed by atoms with Crippen LogP contribution >= 0.6 is 0 Å². The second-order valence-electron chi connectivity index (χ2n) is 8.12. The normalized spacial score (nSPS) is 15.6. The average Bonchev–Trinajstić information content (AvgIpc) is 2.80. The molecule has 0 atom stereocenters. The highest BCUT2D eigenvalue weighted by Gasteiger charge is 2.23. The number of imide groups is 1. The molecule has 9 nitrogen and oxygen atoms in total. The Kier molecular flexibility index (Phi) is 7.09. The molecule has 2 aliphatic heterocycles. The molecule has 4 amide bonds. The predicted molar refractivity (Wildman–Crippen MR) is 122 cm³/mol. The third kappa shape index (κ3) is 6.01. The number of nitrogens with zero attached hydrogens (tertiary/aromatic N) is 2. The van der Waals surface area contributed by atoms with Gasteiger partial charge in [-0.3, -0.25) is 19.8 Å². The first-order valence-corrected chi connectivity index (χ1v) is 11.0. The highest BCUT2D eigenvalue weighted by molar-refractivity contribution is 6.01. The van der Waals surface area contributed by atoms with Gasteiger partial charge < -0.3 is 19.7 Å². The molecule has 0 bridgehead atoms. The fraction of sp³-hybridized carbons (Fsp3) is 0.375. The number of piperazine rings is 1. The van der Waals surface area contributed by atoms with Crippen LogP contribution in [0.1, 0.15) is 11.1 Å². The van der Waals surface area contributed by atoms with Crippen LogP contribution < -0.4 is 20.1 Å².